The number of methoxy groups -OCH3 is 1. The lowest BCUT2D eigenvalue weighted by Gasteiger charge is -2.23. The number of amides is 1. The average Bonchev–Trinajstić information content (AvgIpc) is 3.33. The smallest absolute Gasteiger partial charge is 0.228 e. The molecular formula is C20H22N2O3S. The third kappa shape index (κ3) is 4.32. The van der Waals surface area contributed by atoms with Crippen LogP contribution in [0.5, 0.6) is 5.75 Å². The van der Waals surface area contributed by atoms with Gasteiger partial charge in [-0.1, -0.05) is 29.4 Å². The summed E-state index contributed by atoms with van der Waals surface area (Å²) in [4.78, 5) is 21.0. The van der Waals surface area contributed by atoms with Gasteiger partial charge >= 0.3 is 0 Å². The van der Waals surface area contributed by atoms with Crippen LogP contribution in [-0.4, -0.2) is 42.8 Å². The quantitative estimate of drug-likeness (QED) is 0.668. The van der Waals surface area contributed by atoms with Crippen molar-refractivity contribution in [1.29, 1.82) is 0 Å². The Morgan fingerprint density at radius 3 is 3.00 bits per heavy atom. The summed E-state index contributed by atoms with van der Waals surface area (Å²) >= 11 is 1.59. The fourth-order valence-electron chi connectivity index (χ4n) is 2.92. The predicted octanol–water partition coefficient (Wildman–Crippen LogP) is 3.51. The third-order valence-corrected chi connectivity index (χ3v) is 5.06. The number of thiophene rings is 1. The van der Waals surface area contributed by atoms with E-state index in [1.54, 1.807) is 29.4 Å². The summed E-state index contributed by atoms with van der Waals surface area (Å²) in [5, 5.41) is 6.20. The van der Waals surface area contributed by atoms with Crippen LogP contribution in [0.3, 0.4) is 0 Å². The number of hydrogen-bond acceptors (Lipinski definition) is 5. The molecule has 0 saturated heterocycles. The molecule has 0 N–H and O–H groups in total. The van der Waals surface area contributed by atoms with Gasteiger partial charge in [-0.15, -0.1) is 17.9 Å². The second-order valence-electron chi connectivity index (χ2n) is 6.01. The first-order valence-corrected chi connectivity index (χ1v) is 9.36. The first kappa shape index (κ1) is 18.2. The standard InChI is InChI=1S/C20H22N2O3S/c1-3-10-22(20(23)13-16-7-6-11-26-16)14-15-12-18(21-25-15)17-8-4-5-9-19(17)24-2/h3-9,11,15H,1,10,12-14H2,2H3/t15-/m1/s1. The Morgan fingerprint density at radius 2 is 2.27 bits per heavy atom. The Hall–Kier alpha value is -2.60. The van der Waals surface area contributed by atoms with E-state index in [9.17, 15) is 4.79 Å². The van der Waals surface area contributed by atoms with Gasteiger partial charge < -0.3 is 14.5 Å². The molecule has 0 aliphatic carbocycles. The van der Waals surface area contributed by atoms with Gasteiger partial charge in [0.1, 0.15) is 5.75 Å². The zero-order valence-corrected chi connectivity index (χ0v) is 15.6. The highest BCUT2D eigenvalue weighted by molar-refractivity contribution is 7.10. The van der Waals surface area contributed by atoms with Crippen LogP contribution in [0, 0.1) is 0 Å². The number of benzene rings is 1. The molecule has 26 heavy (non-hydrogen) atoms. The minimum absolute atomic E-state index is 0.0710. The van der Waals surface area contributed by atoms with E-state index in [2.05, 4.69) is 11.7 Å². The van der Waals surface area contributed by atoms with Crippen LogP contribution in [0.4, 0.5) is 0 Å². The van der Waals surface area contributed by atoms with Crippen molar-refractivity contribution >= 4 is 23.0 Å². The molecule has 1 amide bonds. The number of ether oxygens (including phenoxy) is 1. The van der Waals surface area contributed by atoms with Gasteiger partial charge in [-0.2, -0.15) is 0 Å². The highest BCUT2D eigenvalue weighted by Gasteiger charge is 2.27. The number of carbonyl (C=O) groups excluding carboxylic acids is 1. The highest BCUT2D eigenvalue weighted by Crippen LogP contribution is 2.25. The van der Waals surface area contributed by atoms with Crippen molar-refractivity contribution in [3.8, 4) is 5.75 Å². The maximum absolute atomic E-state index is 12.6. The average molecular weight is 370 g/mol. The number of hydrogen-bond donors (Lipinski definition) is 0. The van der Waals surface area contributed by atoms with Crippen LogP contribution in [-0.2, 0) is 16.1 Å². The Bertz CT molecular complexity index is 786. The van der Waals surface area contributed by atoms with Gasteiger partial charge in [0.05, 0.1) is 25.8 Å². The molecule has 1 atom stereocenters. The van der Waals surface area contributed by atoms with E-state index in [1.807, 2.05) is 41.8 Å². The van der Waals surface area contributed by atoms with Gasteiger partial charge in [0.15, 0.2) is 6.10 Å². The predicted molar refractivity (Wildman–Crippen MR) is 104 cm³/mol. The Balaban J connectivity index is 1.62. The number of carbonyl (C=O) groups is 1. The van der Waals surface area contributed by atoms with Gasteiger partial charge in [0, 0.05) is 23.4 Å². The maximum atomic E-state index is 12.6. The van der Waals surface area contributed by atoms with E-state index in [4.69, 9.17) is 9.57 Å². The van der Waals surface area contributed by atoms with Gasteiger partial charge in [0.25, 0.3) is 0 Å². The van der Waals surface area contributed by atoms with E-state index in [0.717, 1.165) is 21.9 Å². The van der Waals surface area contributed by atoms with E-state index in [1.165, 1.54) is 0 Å². The summed E-state index contributed by atoms with van der Waals surface area (Å²) in [6, 6.07) is 11.7. The summed E-state index contributed by atoms with van der Waals surface area (Å²) < 4.78 is 5.40. The molecular weight excluding hydrogens is 348 g/mol. The molecule has 1 aromatic heterocycles. The molecule has 5 nitrogen and oxygen atoms in total. The topological polar surface area (TPSA) is 51.1 Å². The largest absolute Gasteiger partial charge is 0.496 e. The van der Waals surface area contributed by atoms with E-state index < -0.39 is 0 Å². The van der Waals surface area contributed by atoms with Crippen molar-refractivity contribution in [2.45, 2.75) is 18.9 Å². The summed E-state index contributed by atoms with van der Waals surface area (Å²) in [7, 11) is 1.64. The number of para-hydroxylation sites is 1. The van der Waals surface area contributed by atoms with Crippen molar-refractivity contribution in [3.05, 3.63) is 64.9 Å². The summed E-state index contributed by atoms with van der Waals surface area (Å²) in [5.41, 5.74) is 1.77. The molecule has 0 saturated carbocycles. The van der Waals surface area contributed by atoms with Gasteiger partial charge in [-0.3, -0.25) is 4.79 Å². The molecule has 0 radical (unpaired) electrons. The molecule has 0 bridgehead atoms. The van der Waals surface area contributed by atoms with Crippen LogP contribution in [0.1, 0.15) is 16.9 Å². The fourth-order valence-corrected chi connectivity index (χ4v) is 3.62. The van der Waals surface area contributed by atoms with Crippen molar-refractivity contribution < 1.29 is 14.4 Å². The van der Waals surface area contributed by atoms with Crippen molar-refractivity contribution in [1.82, 2.24) is 4.90 Å². The fraction of sp³-hybridized carbons (Fsp3) is 0.300. The van der Waals surface area contributed by atoms with Gasteiger partial charge in [-0.05, 0) is 23.6 Å². The molecule has 2 aromatic rings. The second-order valence-corrected chi connectivity index (χ2v) is 7.05. The molecule has 1 aliphatic heterocycles. The highest BCUT2D eigenvalue weighted by atomic mass is 32.1. The Labute approximate surface area is 157 Å². The van der Waals surface area contributed by atoms with E-state index in [0.29, 0.717) is 25.9 Å². The lowest BCUT2D eigenvalue weighted by molar-refractivity contribution is -0.131. The summed E-state index contributed by atoms with van der Waals surface area (Å²) in [6.07, 6.45) is 2.62. The molecule has 136 valence electrons. The molecule has 0 fully saturated rings. The van der Waals surface area contributed by atoms with Crippen LogP contribution < -0.4 is 4.74 Å². The molecule has 0 spiro atoms. The minimum atomic E-state index is -0.165. The summed E-state index contributed by atoms with van der Waals surface area (Å²) in [6.45, 7) is 4.74. The first-order valence-electron chi connectivity index (χ1n) is 8.48. The molecule has 2 heterocycles. The third-order valence-electron chi connectivity index (χ3n) is 4.18. The molecule has 3 rings (SSSR count). The maximum Gasteiger partial charge on any atom is 0.228 e. The minimum Gasteiger partial charge on any atom is -0.496 e. The monoisotopic (exact) mass is 370 g/mol. The SMILES string of the molecule is C=CCN(C[C@H]1CC(c2ccccc2OC)=NO1)C(=O)Cc1cccs1. The molecule has 1 aromatic carbocycles. The zero-order valence-electron chi connectivity index (χ0n) is 14.8. The van der Waals surface area contributed by atoms with Crippen molar-refractivity contribution in [2.24, 2.45) is 5.16 Å². The zero-order chi connectivity index (χ0) is 18.4. The Morgan fingerprint density at radius 1 is 1.42 bits per heavy atom. The molecule has 0 unspecified atom stereocenters. The number of rotatable bonds is 8. The van der Waals surface area contributed by atoms with Crippen LogP contribution >= 0.6 is 11.3 Å². The molecule has 1 aliphatic rings. The van der Waals surface area contributed by atoms with Crippen LogP contribution in [0.2, 0.25) is 0 Å². The Kier molecular flexibility index (Phi) is 6.07. The lowest BCUT2D eigenvalue weighted by atomic mass is 10.0. The first-order chi connectivity index (χ1) is 12.7. The van der Waals surface area contributed by atoms with E-state index >= 15 is 0 Å². The summed E-state index contributed by atoms with van der Waals surface area (Å²) in [5.74, 6) is 0.842. The molecule has 6 heteroatoms. The second kappa shape index (κ2) is 8.67. The van der Waals surface area contributed by atoms with Crippen LogP contribution in [0.15, 0.2) is 59.6 Å². The lowest BCUT2D eigenvalue weighted by Crippen LogP contribution is -2.38. The normalized spacial score (nSPS) is 15.9. The number of oxime groups is 1. The van der Waals surface area contributed by atoms with Gasteiger partial charge in [0.2, 0.25) is 5.91 Å². The van der Waals surface area contributed by atoms with Gasteiger partial charge in [-0.25, -0.2) is 0 Å². The van der Waals surface area contributed by atoms with Crippen molar-refractivity contribution in [2.75, 3.05) is 20.2 Å². The number of nitrogens with zero attached hydrogens (tertiary/aromatic N) is 2. The van der Waals surface area contributed by atoms with Crippen molar-refractivity contribution in [3.63, 3.8) is 0 Å². The van der Waals surface area contributed by atoms with E-state index in [-0.39, 0.29) is 12.0 Å². The van der Waals surface area contributed by atoms with Crippen LogP contribution in [0.25, 0.3) is 0 Å².